The molecule has 5 nitrogen and oxygen atoms in total. The topological polar surface area (TPSA) is 64.9 Å². The summed E-state index contributed by atoms with van der Waals surface area (Å²) in [6.45, 7) is 2.04. The van der Waals surface area contributed by atoms with Crippen molar-refractivity contribution in [3.05, 3.63) is 63.1 Å². The highest BCUT2D eigenvalue weighted by molar-refractivity contribution is 6.41. The number of anilines is 1. The molecule has 0 unspecified atom stereocenters. The maximum atomic E-state index is 13.3. The molecule has 4 atom stereocenters. The summed E-state index contributed by atoms with van der Waals surface area (Å²) in [5, 5.41) is 21.6. The van der Waals surface area contributed by atoms with Crippen LogP contribution in [0.1, 0.15) is 50.6 Å². The zero-order chi connectivity index (χ0) is 22.8. The van der Waals surface area contributed by atoms with Gasteiger partial charge >= 0.3 is 0 Å². The van der Waals surface area contributed by atoms with Crippen LogP contribution in [0.5, 0.6) is 0 Å². The van der Waals surface area contributed by atoms with Crippen molar-refractivity contribution < 1.29 is 9.90 Å². The Hall–Kier alpha value is -1.79. The van der Waals surface area contributed by atoms with Crippen LogP contribution in [0.3, 0.4) is 0 Å². The minimum atomic E-state index is -0.524. The Kier molecular flexibility index (Phi) is 7.30. The molecule has 1 aliphatic carbocycles. The summed E-state index contributed by atoms with van der Waals surface area (Å²) in [5.41, 5.74) is 2.10. The molecule has 0 spiro atoms. The number of nitrogens with one attached hydrogen (secondary N) is 1. The van der Waals surface area contributed by atoms with Gasteiger partial charge in [-0.2, -0.15) is 5.10 Å². The van der Waals surface area contributed by atoms with Crippen LogP contribution < -0.4 is 10.3 Å². The van der Waals surface area contributed by atoms with Crippen LogP contribution in [0, 0.1) is 5.92 Å². The van der Waals surface area contributed by atoms with E-state index in [0.29, 0.717) is 39.3 Å². The minimum Gasteiger partial charge on any atom is -0.391 e. The molecule has 2 aromatic carbocycles. The number of hydrazone groups is 1. The Labute approximate surface area is 203 Å². The van der Waals surface area contributed by atoms with Crippen LogP contribution in [0.25, 0.3) is 0 Å². The van der Waals surface area contributed by atoms with Crippen molar-refractivity contribution in [2.24, 2.45) is 11.0 Å². The van der Waals surface area contributed by atoms with E-state index in [-0.39, 0.29) is 23.9 Å². The SMILES string of the molecule is CC[C@H]1C(C(=O)N[C@H]2CCCC[C@@H]2O)=NN(c2ccc(Cl)cc2Cl)[C@H]1c1ccc(Cl)cc1. The van der Waals surface area contributed by atoms with Gasteiger partial charge in [0.25, 0.3) is 5.91 Å². The van der Waals surface area contributed by atoms with Gasteiger partial charge in [-0.25, -0.2) is 0 Å². The molecule has 1 heterocycles. The summed E-state index contributed by atoms with van der Waals surface area (Å²) in [6.07, 6.45) is 3.62. The van der Waals surface area contributed by atoms with Gasteiger partial charge in [0, 0.05) is 16.0 Å². The van der Waals surface area contributed by atoms with Crippen LogP contribution in [-0.4, -0.2) is 28.9 Å². The molecule has 1 amide bonds. The summed E-state index contributed by atoms with van der Waals surface area (Å²) in [4.78, 5) is 13.3. The molecule has 4 rings (SSSR count). The number of carbonyl (C=O) groups excluding carboxylic acids is 1. The number of nitrogens with zero attached hydrogens (tertiary/aromatic N) is 2. The summed E-state index contributed by atoms with van der Waals surface area (Å²) in [7, 11) is 0. The van der Waals surface area contributed by atoms with Crippen LogP contribution in [0.15, 0.2) is 47.6 Å². The Morgan fingerprint density at radius 1 is 1.09 bits per heavy atom. The number of carbonyl (C=O) groups is 1. The number of hydrogen-bond acceptors (Lipinski definition) is 4. The summed E-state index contributed by atoms with van der Waals surface area (Å²) < 4.78 is 0. The van der Waals surface area contributed by atoms with Crippen molar-refractivity contribution in [2.75, 3.05) is 5.01 Å². The molecule has 1 aliphatic heterocycles. The third-order valence-electron chi connectivity index (χ3n) is 6.30. The Balaban J connectivity index is 1.72. The third kappa shape index (κ3) is 4.76. The van der Waals surface area contributed by atoms with Gasteiger partial charge in [-0.3, -0.25) is 9.80 Å². The van der Waals surface area contributed by atoms with Crippen molar-refractivity contribution >= 4 is 52.1 Å². The van der Waals surface area contributed by atoms with E-state index in [1.807, 2.05) is 42.3 Å². The van der Waals surface area contributed by atoms with E-state index < -0.39 is 6.10 Å². The number of aliphatic hydroxyl groups is 1. The second kappa shape index (κ2) is 10.0. The van der Waals surface area contributed by atoms with E-state index in [0.717, 1.165) is 24.8 Å². The first-order valence-corrected chi connectivity index (χ1v) is 12.1. The molecule has 1 fully saturated rings. The van der Waals surface area contributed by atoms with E-state index >= 15 is 0 Å². The quantitative estimate of drug-likeness (QED) is 0.535. The molecule has 2 aliphatic rings. The molecule has 2 aromatic rings. The maximum Gasteiger partial charge on any atom is 0.268 e. The zero-order valence-electron chi connectivity index (χ0n) is 17.8. The highest BCUT2D eigenvalue weighted by atomic mass is 35.5. The Morgan fingerprint density at radius 2 is 1.78 bits per heavy atom. The van der Waals surface area contributed by atoms with Crippen LogP contribution in [0.4, 0.5) is 5.69 Å². The monoisotopic (exact) mass is 493 g/mol. The van der Waals surface area contributed by atoms with Gasteiger partial charge < -0.3 is 10.4 Å². The van der Waals surface area contributed by atoms with Gasteiger partial charge in [0.2, 0.25) is 0 Å². The first-order chi connectivity index (χ1) is 15.4. The molecular weight excluding hydrogens is 469 g/mol. The second-order valence-electron chi connectivity index (χ2n) is 8.37. The first-order valence-electron chi connectivity index (χ1n) is 11.0. The first kappa shape index (κ1) is 23.4. The highest BCUT2D eigenvalue weighted by Crippen LogP contribution is 2.43. The van der Waals surface area contributed by atoms with Crippen molar-refractivity contribution in [1.29, 1.82) is 0 Å². The second-order valence-corrected chi connectivity index (χ2v) is 9.65. The van der Waals surface area contributed by atoms with Crippen LogP contribution in [0.2, 0.25) is 15.1 Å². The predicted molar refractivity (Wildman–Crippen MR) is 131 cm³/mol. The molecule has 0 bridgehead atoms. The number of benzene rings is 2. The average Bonchev–Trinajstić information content (AvgIpc) is 3.15. The van der Waals surface area contributed by atoms with E-state index in [4.69, 9.17) is 39.9 Å². The fraction of sp³-hybridized carbons (Fsp3) is 0.417. The molecular formula is C24H26Cl3N3O2. The lowest BCUT2D eigenvalue weighted by Crippen LogP contribution is -2.48. The van der Waals surface area contributed by atoms with Gasteiger partial charge in [0.1, 0.15) is 5.71 Å². The van der Waals surface area contributed by atoms with E-state index in [9.17, 15) is 9.90 Å². The van der Waals surface area contributed by atoms with Gasteiger partial charge in [-0.1, -0.05) is 66.7 Å². The normalized spacial score (nSPS) is 25.5. The fourth-order valence-corrected chi connectivity index (χ4v) is 5.25. The smallest absolute Gasteiger partial charge is 0.268 e. The van der Waals surface area contributed by atoms with Gasteiger partial charge in [0.15, 0.2) is 0 Å². The highest BCUT2D eigenvalue weighted by Gasteiger charge is 2.42. The zero-order valence-corrected chi connectivity index (χ0v) is 20.0. The molecule has 0 aromatic heterocycles. The van der Waals surface area contributed by atoms with E-state index in [1.54, 1.807) is 12.1 Å². The largest absolute Gasteiger partial charge is 0.391 e. The lowest BCUT2D eigenvalue weighted by molar-refractivity contribution is -0.116. The van der Waals surface area contributed by atoms with Crippen molar-refractivity contribution in [2.45, 2.75) is 57.2 Å². The maximum absolute atomic E-state index is 13.3. The van der Waals surface area contributed by atoms with Crippen molar-refractivity contribution in [3.63, 3.8) is 0 Å². The predicted octanol–water partition coefficient (Wildman–Crippen LogP) is 6.01. The molecule has 0 radical (unpaired) electrons. The Morgan fingerprint density at radius 3 is 2.44 bits per heavy atom. The van der Waals surface area contributed by atoms with E-state index in [2.05, 4.69) is 5.32 Å². The molecule has 2 N–H and O–H groups in total. The summed E-state index contributed by atoms with van der Waals surface area (Å²) >= 11 is 18.8. The lowest BCUT2D eigenvalue weighted by atomic mass is 9.86. The molecule has 1 saturated carbocycles. The lowest BCUT2D eigenvalue weighted by Gasteiger charge is -2.30. The minimum absolute atomic E-state index is 0.163. The number of halogens is 3. The average molecular weight is 495 g/mol. The number of rotatable bonds is 5. The van der Waals surface area contributed by atoms with Crippen molar-refractivity contribution in [3.8, 4) is 0 Å². The number of hydrogen-bond donors (Lipinski definition) is 2. The number of amides is 1. The molecule has 8 heteroatoms. The summed E-state index contributed by atoms with van der Waals surface area (Å²) in [5.74, 6) is -0.405. The molecule has 0 saturated heterocycles. The fourth-order valence-electron chi connectivity index (χ4n) is 4.63. The third-order valence-corrected chi connectivity index (χ3v) is 7.09. The van der Waals surface area contributed by atoms with E-state index in [1.165, 1.54) is 0 Å². The standard InChI is InChI=1S/C24H26Cl3N3O2/c1-2-17-22(24(32)28-19-5-3-4-6-21(19)31)29-30(20-12-11-16(26)13-18(20)27)23(17)14-7-9-15(25)10-8-14/h7-13,17,19,21,23,31H,2-6H2,1H3,(H,28,32)/t17-,19-,21-,23-/m0/s1. The Bertz CT molecular complexity index is 1010. The van der Waals surface area contributed by atoms with Crippen LogP contribution >= 0.6 is 34.8 Å². The molecule has 32 heavy (non-hydrogen) atoms. The molecule has 170 valence electrons. The van der Waals surface area contributed by atoms with Crippen LogP contribution in [-0.2, 0) is 4.79 Å². The summed E-state index contributed by atoms with van der Waals surface area (Å²) in [6, 6.07) is 12.3. The van der Waals surface area contributed by atoms with Gasteiger partial charge in [-0.15, -0.1) is 0 Å². The number of aliphatic hydroxyl groups excluding tert-OH is 1. The van der Waals surface area contributed by atoms with Gasteiger partial charge in [-0.05, 0) is 55.2 Å². The van der Waals surface area contributed by atoms with Crippen molar-refractivity contribution in [1.82, 2.24) is 5.32 Å². The van der Waals surface area contributed by atoms with Gasteiger partial charge in [0.05, 0.1) is 28.9 Å².